The van der Waals surface area contributed by atoms with Crippen LogP contribution in [-0.2, 0) is 7.05 Å². The summed E-state index contributed by atoms with van der Waals surface area (Å²) in [5.74, 6) is 0.491. The first-order valence-electron chi connectivity index (χ1n) is 5.27. The first-order valence-corrected chi connectivity index (χ1v) is 6.08. The summed E-state index contributed by atoms with van der Waals surface area (Å²) in [6.07, 6.45) is 5.48. The molecule has 0 aromatic carbocycles. The molecule has 18 heavy (non-hydrogen) atoms. The van der Waals surface area contributed by atoms with Crippen LogP contribution in [0.1, 0.15) is 0 Å². The number of hydrogen-bond donors (Lipinski definition) is 1. The number of aromatic nitrogens is 4. The van der Waals surface area contributed by atoms with Crippen LogP contribution in [0.4, 0.5) is 5.13 Å². The van der Waals surface area contributed by atoms with Gasteiger partial charge in [0, 0.05) is 30.6 Å². The van der Waals surface area contributed by atoms with Gasteiger partial charge in [0.25, 0.3) is 0 Å². The molecule has 0 saturated heterocycles. The van der Waals surface area contributed by atoms with Crippen LogP contribution in [0.5, 0.6) is 5.88 Å². The number of pyridine rings is 1. The van der Waals surface area contributed by atoms with Crippen LogP contribution >= 0.6 is 11.3 Å². The smallest absolute Gasteiger partial charge is 0.241 e. The number of methoxy groups -OCH3 is 1. The van der Waals surface area contributed by atoms with Gasteiger partial charge in [-0.3, -0.25) is 4.68 Å². The first kappa shape index (κ1) is 11.0. The molecule has 0 amide bonds. The van der Waals surface area contributed by atoms with E-state index in [0.29, 0.717) is 16.5 Å². The third-order valence-electron chi connectivity index (χ3n) is 2.61. The molecule has 6 nitrogen and oxygen atoms in total. The lowest BCUT2D eigenvalue weighted by molar-refractivity contribution is 0.402. The number of fused-ring (bicyclic) bond motifs is 1. The number of anilines is 1. The van der Waals surface area contributed by atoms with Crippen LogP contribution in [0.15, 0.2) is 18.6 Å². The van der Waals surface area contributed by atoms with Gasteiger partial charge in [-0.25, -0.2) is 9.97 Å². The minimum absolute atomic E-state index is 0.491. The Hall–Kier alpha value is -2.15. The molecule has 2 N–H and O–H groups in total. The molecule has 3 heterocycles. The fraction of sp³-hybridized carbons (Fsp3) is 0.182. The maximum atomic E-state index is 5.77. The predicted molar refractivity (Wildman–Crippen MR) is 70.6 cm³/mol. The second kappa shape index (κ2) is 3.95. The number of rotatable bonds is 2. The molecule has 0 spiro atoms. The SMILES string of the molecule is COc1ncc(-c2cnn(C)c2)c2sc(N)nc12. The van der Waals surface area contributed by atoms with Crippen LogP contribution in [0.3, 0.4) is 0 Å². The van der Waals surface area contributed by atoms with Crippen molar-refractivity contribution in [3.63, 3.8) is 0 Å². The molecule has 0 bridgehead atoms. The van der Waals surface area contributed by atoms with Gasteiger partial charge in [-0.1, -0.05) is 11.3 Å². The van der Waals surface area contributed by atoms with Crippen molar-refractivity contribution in [2.45, 2.75) is 0 Å². The Bertz CT molecular complexity index is 717. The summed E-state index contributed by atoms with van der Waals surface area (Å²) >= 11 is 1.42. The highest BCUT2D eigenvalue weighted by molar-refractivity contribution is 7.22. The van der Waals surface area contributed by atoms with Gasteiger partial charge in [-0.05, 0) is 0 Å². The monoisotopic (exact) mass is 261 g/mol. The van der Waals surface area contributed by atoms with Crippen LogP contribution < -0.4 is 10.5 Å². The van der Waals surface area contributed by atoms with E-state index in [1.165, 1.54) is 11.3 Å². The Morgan fingerprint density at radius 3 is 2.89 bits per heavy atom. The Balaban J connectivity index is 2.30. The molecule has 0 saturated carbocycles. The fourth-order valence-corrected chi connectivity index (χ4v) is 2.68. The number of nitrogens with two attached hydrogens (primary N) is 1. The van der Waals surface area contributed by atoms with Gasteiger partial charge in [-0.15, -0.1) is 0 Å². The summed E-state index contributed by atoms with van der Waals surface area (Å²) < 4.78 is 7.90. The molecule has 3 aromatic rings. The van der Waals surface area contributed by atoms with E-state index < -0.39 is 0 Å². The lowest BCUT2D eigenvalue weighted by Gasteiger charge is -2.02. The largest absolute Gasteiger partial charge is 0.479 e. The third-order valence-corrected chi connectivity index (χ3v) is 3.53. The molecule has 0 fully saturated rings. The van der Waals surface area contributed by atoms with Crippen molar-refractivity contribution in [1.82, 2.24) is 19.7 Å². The second-order valence-corrected chi connectivity index (χ2v) is 4.84. The Morgan fingerprint density at radius 1 is 1.39 bits per heavy atom. The number of hydrogen-bond acceptors (Lipinski definition) is 6. The summed E-state index contributed by atoms with van der Waals surface area (Å²) in [4.78, 5) is 8.51. The van der Waals surface area contributed by atoms with Crippen LogP contribution in [-0.4, -0.2) is 26.9 Å². The highest BCUT2D eigenvalue weighted by Crippen LogP contribution is 2.36. The molecule has 0 unspecified atom stereocenters. The van der Waals surface area contributed by atoms with Crippen LogP contribution in [0, 0.1) is 0 Å². The quantitative estimate of drug-likeness (QED) is 0.759. The summed E-state index contributed by atoms with van der Waals surface area (Å²) in [6.45, 7) is 0. The van der Waals surface area contributed by atoms with Gasteiger partial charge in [-0.2, -0.15) is 5.10 Å². The molecular weight excluding hydrogens is 250 g/mol. The van der Waals surface area contributed by atoms with Crippen LogP contribution in [0.25, 0.3) is 21.3 Å². The van der Waals surface area contributed by atoms with Gasteiger partial charge >= 0.3 is 0 Å². The van der Waals surface area contributed by atoms with E-state index in [0.717, 1.165) is 15.8 Å². The van der Waals surface area contributed by atoms with E-state index in [1.54, 1.807) is 24.2 Å². The highest BCUT2D eigenvalue weighted by Gasteiger charge is 2.15. The number of nitrogen functional groups attached to an aromatic ring is 1. The predicted octanol–water partition coefficient (Wildman–Crippen LogP) is 1.68. The average Bonchev–Trinajstić information content (AvgIpc) is 2.93. The maximum absolute atomic E-state index is 5.77. The Labute approximate surface area is 107 Å². The van der Waals surface area contributed by atoms with Gasteiger partial charge < -0.3 is 10.5 Å². The van der Waals surface area contributed by atoms with E-state index >= 15 is 0 Å². The van der Waals surface area contributed by atoms with Crippen LogP contribution in [0.2, 0.25) is 0 Å². The zero-order valence-corrected chi connectivity index (χ0v) is 10.7. The minimum atomic E-state index is 0.491. The van der Waals surface area contributed by atoms with Crippen molar-refractivity contribution in [3.05, 3.63) is 18.6 Å². The van der Waals surface area contributed by atoms with Crippen molar-refractivity contribution < 1.29 is 4.74 Å². The number of nitrogens with zero attached hydrogens (tertiary/aromatic N) is 4. The van der Waals surface area contributed by atoms with E-state index in [2.05, 4.69) is 15.1 Å². The normalized spacial score (nSPS) is 11.0. The third kappa shape index (κ3) is 1.60. The Kier molecular flexibility index (Phi) is 2.41. The van der Waals surface area contributed by atoms with E-state index in [4.69, 9.17) is 10.5 Å². The lowest BCUT2D eigenvalue weighted by atomic mass is 10.1. The van der Waals surface area contributed by atoms with Crippen molar-refractivity contribution in [1.29, 1.82) is 0 Å². The summed E-state index contributed by atoms with van der Waals surface area (Å²) in [5.41, 5.74) is 8.42. The topological polar surface area (TPSA) is 78.9 Å². The van der Waals surface area contributed by atoms with Gasteiger partial charge in [0.05, 0.1) is 18.0 Å². The van der Waals surface area contributed by atoms with E-state index in [-0.39, 0.29) is 0 Å². The lowest BCUT2D eigenvalue weighted by Crippen LogP contribution is -1.90. The molecule has 0 aliphatic heterocycles. The zero-order chi connectivity index (χ0) is 12.7. The summed E-state index contributed by atoms with van der Waals surface area (Å²) in [6, 6.07) is 0. The van der Waals surface area contributed by atoms with Crippen molar-refractivity contribution in [3.8, 4) is 17.0 Å². The molecule has 3 rings (SSSR count). The zero-order valence-electron chi connectivity index (χ0n) is 9.91. The maximum Gasteiger partial charge on any atom is 0.241 e. The second-order valence-electron chi connectivity index (χ2n) is 3.81. The standard InChI is InChI=1S/C11H11N5OS/c1-16-5-6(3-14-16)7-4-13-10(17-2)8-9(7)18-11(12)15-8/h3-5H,1-2H3,(H2,12,15). The summed E-state index contributed by atoms with van der Waals surface area (Å²) in [5, 5.41) is 4.66. The van der Waals surface area contributed by atoms with Crippen molar-refractivity contribution in [2.75, 3.05) is 12.8 Å². The first-order chi connectivity index (χ1) is 8.69. The van der Waals surface area contributed by atoms with E-state index in [9.17, 15) is 0 Å². The Morgan fingerprint density at radius 2 is 2.22 bits per heavy atom. The summed E-state index contributed by atoms with van der Waals surface area (Å²) in [7, 11) is 3.44. The van der Waals surface area contributed by atoms with Gasteiger partial charge in [0.1, 0.15) is 5.52 Å². The molecule has 0 aliphatic rings. The minimum Gasteiger partial charge on any atom is -0.479 e. The van der Waals surface area contributed by atoms with Gasteiger partial charge in [0.15, 0.2) is 5.13 Å². The molecule has 0 aliphatic carbocycles. The molecule has 92 valence electrons. The molecule has 7 heteroatoms. The fourth-order valence-electron chi connectivity index (χ4n) is 1.82. The highest BCUT2D eigenvalue weighted by atomic mass is 32.1. The molecular formula is C11H11N5OS. The molecule has 0 radical (unpaired) electrons. The number of aryl methyl sites for hydroxylation is 1. The average molecular weight is 261 g/mol. The number of thiazole rings is 1. The van der Waals surface area contributed by atoms with Gasteiger partial charge in [0.2, 0.25) is 5.88 Å². The van der Waals surface area contributed by atoms with Crippen molar-refractivity contribution in [2.24, 2.45) is 7.05 Å². The molecule has 0 atom stereocenters. The van der Waals surface area contributed by atoms with E-state index in [1.807, 2.05) is 13.2 Å². The molecule has 3 aromatic heterocycles. The van der Waals surface area contributed by atoms with Crippen molar-refractivity contribution >= 4 is 26.7 Å². The number of ether oxygens (including phenoxy) is 1.